The highest BCUT2D eigenvalue weighted by atomic mass is 16.2. The van der Waals surface area contributed by atoms with Crippen LogP contribution in [0.3, 0.4) is 0 Å². The highest BCUT2D eigenvalue weighted by Gasteiger charge is 2.10. The van der Waals surface area contributed by atoms with Gasteiger partial charge in [0, 0.05) is 26.2 Å². The van der Waals surface area contributed by atoms with E-state index in [0.717, 1.165) is 32.6 Å². The Morgan fingerprint density at radius 3 is 1.86 bits per heavy atom. The van der Waals surface area contributed by atoms with Crippen LogP contribution in [0.5, 0.6) is 0 Å². The Morgan fingerprint density at radius 2 is 1.36 bits per heavy atom. The summed E-state index contributed by atoms with van der Waals surface area (Å²) in [6.07, 6.45) is 11.2. The maximum Gasteiger partial charge on any atom is 0.246 e. The molecule has 0 fully saturated rings. The summed E-state index contributed by atoms with van der Waals surface area (Å²) >= 11 is 0. The average Bonchev–Trinajstić information content (AvgIpc) is 2.45. The summed E-state index contributed by atoms with van der Waals surface area (Å²) in [5.74, 6) is 0.150. The monoisotopic (exact) mass is 311 g/mol. The number of nitrogens with zero attached hydrogens (tertiary/aromatic N) is 3. The summed E-state index contributed by atoms with van der Waals surface area (Å²) in [6, 6.07) is 0. The normalized spacial score (nSPS) is 11.8. The van der Waals surface area contributed by atoms with Crippen LogP contribution in [-0.4, -0.2) is 75.0 Å². The van der Waals surface area contributed by atoms with Crippen molar-refractivity contribution in [2.45, 2.75) is 45.4 Å². The number of likely N-dealkylation sites (N-methyl/N-ethyl adjacent to an activating group) is 2. The lowest BCUT2D eigenvalue weighted by Crippen LogP contribution is -2.39. The molecule has 1 amide bonds. The molecule has 0 heterocycles. The summed E-state index contributed by atoms with van der Waals surface area (Å²) in [4.78, 5) is 18.5. The number of hydrogen-bond acceptors (Lipinski definition) is 3. The third kappa shape index (κ3) is 12.8. The smallest absolute Gasteiger partial charge is 0.246 e. The van der Waals surface area contributed by atoms with Gasteiger partial charge in [0.25, 0.3) is 0 Å². The standard InChI is InChI=1S/C18H37N3O/c1-6-7-8-9-10-11-12-13-18(22)21(16-14-19(2)3)17-15-20(4)5/h12-13H,6-11,14-17H2,1-5H3/b13-12+. The first-order chi connectivity index (χ1) is 10.5. The Kier molecular flexibility index (Phi) is 13.2. The predicted molar refractivity (Wildman–Crippen MR) is 96.2 cm³/mol. The number of rotatable bonds is 13. The Morgan fingerprint density at radius 1 is 0.818 bits per heavy atom. The van der Waals surface area contributed by atoms with E-state index < -0.39 is 0 Å². The Hall–Kier alpha value is -0.870. The predicted octanol–water partition coefficient (Wildman–Crippen LogP) is 2.85. The van der Waals surface area contributed by atoms with Gasteiger partial charge < -0.3 is 14.7 Å². The third-order valence-corrected chi connectivity index (χ3v) is 3.68. The van der Waals surface area contributed by atoms with Crippen LogP contribution in [0.15, 0.2) is 12.2 Å². The van der Waals surface area contributed by atoms with E-state index in [2.05, 4.69) is 16.7 Å². The number of hydrogen-bond donors (Lipinski definition) is 0. The van der Waals surface area contributed by atoms with Crippen molar-refractivity contribution in [2.24, 2.45) is 0 Å². The summed E-state index contributed by atoms with van der Waals surface area (Å²) in [7, 11) is 8.17. The van der Waals surface area contributed by atoms with Crippen molar-refractivity contribution in [3.8, 4) is 0 Å². The Balaban J connectivity index is 4.12. The summed E-state index contributed by atoms with van der Waals surface area (Å²) in [5.41, 5.74) is 0. The SMILES string of the molecule is CCCCCCC/C=C/C(=O)N(CCN(C)C)CCN(C)C. The maximum atomic E-state index is 12.3. The molecule has 0 aliphatic carbocycles. The van der Waals surface area contributed by atoms with Crippen molar-refractivity contribution in [1.29, 1.82) is 0 Å². The number of unbranched alkanes of at least 4 members (excludes halogenated alkanes) is 5. The van der Waals surface area contributed by atoms with E-state index in [1.54, 1.807) is 6.08 Å². The molecule has 0 bridgehead atoms. The quantitative estimate of drug-likeness (QED) is 0.386. The molecule has 0 atom stereocenters. The minimum absolute atomic E-state index is 0.150. The van der Waals surface area contributed by atoms with Gasteiger partial charge in [0.05, 0.1) is 0 Å². The zero-order valence-electron chi connectivity index (χ0n) is 15.5. The molecule has 0 aromatic heterocycles. The molecule has 0 aliphatic heterocycles. The highest BCUT2D eigenvalue weighted by molar-refractivity contribution is 5.87. The van der Waals surface area contributed by atoms with Gasteiger partial charge in [-0.05, 0) is 47.1 Å². The second-order valence-electron chi connectivity index (χ2n) is 6.54. The van der Waals surface area contributed by atoms with Gasteiger partial charge in [-0.15, -0.1) is 0 Å². The van der Waals surface area contributed by atoms with Crippen LogP contribution in [0, 0.1) is 0 Å². The molecule has 0 radical (unpaired) electrons. The molecular weight excluding hydrogens is 274 g/mol. The summed E-state index contributed by atoms with van der Waals surface area (Å²) < 4.78 is 0. The molecule has 130 valence electrons. The number of carbonyl (C=O) groups excluding carboxylic acids is 1. The lowest BCUT2D eigenvalue weighted by molar-refractivity contribution is -0.126. The van der Waals surface area contributed by atoms with Crippen LogP contribution in [0.25, 0.3) is 0 Å². The first kappa shape index (κ1) is 21.1. The van der Waals surface area contributed by atoms with Crippen molar-refractivity contribution in [1.82, 2.24) is 14.7 Å². The Bertz CT molecular complexity index is 289. The molecule has 4 nitrogen and oxygen atoms in total. The molecule has 0 aromatic carbocycles. The summed E-state index contributed by atoms with van der Waals surface area (Å²) in [6.45, 7) is 5.63. The van der Waals surface area contributed by atoms with Gasteiger partial charge in [-0.2, -0.15) is 0 Å². The van der Waals surface area contributed by atoms with E-state index in [0.29, 0.717) is 0 Å². The fraction of sp³-hybridized carbons (Fsp3) is 0.833. The van der Waals surface area contributed by atoms with E-state index in [1.807, 2.05) is 39.2 Å². The zero-order chi connectivity index (χ0) is 16.8. The van der Waals surface area contributed by atoms with Crippen LogP contribution in [0.1, 0.15) is 45.4 Å². The lowest BCUT2D eigenvalue weighted by atomic mass is 10.1. The van der Waals surface area contributed by atoms with Crippen molar-refractivity contribution in [2.75, 3.05) is 54.4 Å². The molecule has 0 rings (SSSR count). The van der Waals surface area contributed by atoms with E-state index in [4.69, 9.17) is 0 Å². The van der Waals surface area contributed by atoms with Crippen LogP contribution in [0.4, 0.5) is 0 Å². The number of allylic oxidation sites excluding steroid dienone is 1. The molecule has 0 aromatic rings. The molecule has 0 N–H and O–H groups in total. The van der Waals surface area contributed by atoms with Crippen molar-refractivity contribution < 1.29 is 4.79 Å². The van der Waals surface area contributed by atoms with Crippen LogP contribution in [0.2, 0.25) is 0 Å². The topological polar surface area (TPSA) is 26.8 Å². The summed E-state index contributed by atoms with van der Waals surface area (Å²) in [5, 5.41) is 0. The van der Waals surface area contributed by atoms with Gasteiger partial charge in [-0.3, -0.25) is 4.79 Å². The van der Waals surface area contributed by atoms with Crippen LogP contribution < -0.4 is 0 Å². The van der Waals surface area contributed by atoms with Crippen LogP contribution in [-0.2, 0) is 4.79 Å². The zero-order valence-corrected chi connectivity index (χ0v) is 15.5. The molecule has 22 heavy (non-hydrogen) atoms. The average molecular weight is 312 g/mol. The van der Waals surface area contributed by atoms with Gasteiger partial charge in [0.2, 0.25) is 5.91 Å². The van der Waals surface area contributed by atoms with E-state index >= 15 is 0 Å². The maximum absolute atomic E-state index is 12.3. The van der Waals surface area contributed by atoms with Crippen molar-refractivity contribution >= 4 is 5.91 Å². The van der Waals surface area contributed by atoms with E-state index in [-0.39, 0.29) is 5.91 Å². The van der Waals surface area contributed by atoms with Crippen LogP contribution >= 0.6 is 0 Å². The van der Waals surface area contributed by atoms with Gasteiger partial charge >= 0.3 is 0 Å². The molecular formula is C18H37N3O. The van der Waals surface area contributed by atoms with Gasteiger partial charge in [0.15, 0.2) is 0 Å². The minimum Gasteiger partial charge on any atom is -0.337 e. The fourth-order valence-corrected chi connectivity index (χ4v) is 2.13. The minimum atomic E-state index is 0.150. The molecule has 0 unspecified atom stereocenters. The molecule has 0 saturated carbocycles. The number of carbonyl (C=O) groups is 1. The van der Waals surface area contributed by atoms with Gasteiger partial charge in [-0.1, -0.05) is 38.7 Å². The van der Waals surface area contributed by atoms with Gasteiger partial charge in [0.1, 0.15) is 0 Å². The number of amides is 1. The molecule has 0 saturated heterocycles. The largest absolute Gasteiger partial charge is 0.337 e. The molecule has 0 spiro atoms. The first-order valence-corrected chi connectivity index (χ1v) is 8.72. The van der Waals surface area contributed by atoms with E-state index in [9.17, 15) is 4.79 Å². The molecule has 4 heteroatoms. The second kappa shape index (κ2) is 13.8. The molecule has 0 aliphatic rings. The highest BCUT2D eigenvalue weighted by Crippen LogP contribution is 2.05. The van der Waals surface area contributed by atoms with Gasteiger partial charge in [-0.25, -0.2) is 0 Å². The Labute approximate surface area is 138 Å². The van der Waals surface area contributed by atoms with Crippen molar-refractivity contribution in [3.05, 3.63) is 12.2 Å². The first-order valence-electron chi connectivity index (χ1n) is 8.72. The fourth-order valence-electron chi connectivity index (χ4n) is 2.13. The third-order valence-electron chi connectivity index (χ3n) is 3.68. The lowest BCUT2D eigenvalue weighted by Gasteiger charge is -2.24. The second-order valence-corrected chi connectivity index (χ2v) is 6.54. The van der Waals surface area contributed by atoms with Crippen molar-refractivity contribution in [3.63, 3.8) is 0 Å². The van der Waals surface area contributed by atoms with E-state index in [1.165, 1.54) is 32.1 Å².